The van der Waals surface area contributed by atoms with Crippen molar-refractivity contribution in [3.63, 3.8) is 0 Å². The number of carbonyl (C=O) groups excluding carboxylic acids is 1. The molecule has 0 aromatic rings. The third-order valence-electron chi connectivity index (χ3n) is 3.40. The largest absolute Gasteiger partial charge is 0.473 e. The highest BCUT2D eigenvalue weighted by atomic mass is 16.4. The van der Waals surface area contributed by atoms with Crippen LogP contribution in [0.2, 0.25) is 0 Å². The van der Waals surface area contributed by atoms with E-state index in [1.165, 1.54) is 19.8 Å². The van der Waals surface area contributed by atoms with E-state index in [1.807, 2.05) is 0 Å². The predicted molar refractivity (Wildman–Crippen MR) is 82.7 cm³/mol. The number of carboxylic acid groups (broad SMARTS) is 2. The standard InChI is InChI=1S/C13H22N2O2.C2H2O4/c1-12(17)14(2)8-5-6-10-15-9-4-3-7-13(15)11-16;3-1(4)2(5)6/h13,16H,3-4,7-11H2,1-2H3;(H,3,4)(H,5,6). The van der Waals surface area contributed by atoms with Gasteiger partial charge >= 0.3 is 11.9 Å². The number of rotatable bonds is 3. The molecule has 1 atom stereocenters. The summed E-state index contributed by atoms with van der Waals surface area (Å²) in [6.45, 7) is 3.94. The van der Waals surface area contributed by atoms with E-state index in [0.29, 0.717) is 13.1 Å². The van der Waals surface area contributed by atoms with Gasteiger partial charge in [0.2, 0.25) is 5.91 Å². The molecular weight excluding hydrogens is 304 g/mol. The molecule has 0 aromatic heterocycles. The quantitative estimate of drug-likeness (QED) is 0.471. The monoisotopic (exact) mass is 328 g/mol. The van der Waals surface area contributed by atoms with Gasteiger partial charge < -0.3 is 20.2 Å². The zero-order valence-corrected chi connectivity index (χ0v) is 13.5. The smallest absolute Gasteiger partial charge is 0.414 e. The SMILES string of the molecule is CC(=O)N(C)CC#CCN1CCCCC1CO.O=C(O)C(=O)O. The van der Waals surface area contributed by atoms with Gasteiger partial charge in [-0.2, -0.15) is 0 Å². The first-order chi connectivity index (χ1) is 10.8. The lowest BCUT2D eigenvalue weighted by molar-refractivity contribution is -0.159. The molecule has 0 bridgehead atoms. The van der Waals surface area contributed by atoms with E-state index in [2.05, 4.69) is 16.7 Å². The average molecular weight is 328 g/mol. The van der Waals surface area contributed by atoms with Crippen molar-refractivity contribution in [3.8, 4) is 11.8 Å². The maximum absolute atomic E-state index is 11.0. The molecule has 0 radical (unpaired) electrons. The molecule has 1 heterocycles. The Balaban J connectivity index is 0.000000688. The van der Waals surface area contributed by atoms with E-state index in [-0.39, 0.29) is 18.6 Å². The normalized spacial score (nSPS) is 17.1. The Morgan fingerprint density at radius 1 is 1.17 bits per heavy atom. The van der Waals surface area contributed by atoms with Gasteiger partial charge in [0.05, 0.1) is 19.7 Å². The zero-order chi connectivity index (χ0) is 17.8. The molecule has 1 fully saturated rings. The van der Waals surface area contributed by atoms with E-state index >= 15 is 0 Å². The number of piperidine rings is 1. The fourth-order valence-electron chi connectivity index (χ4n) is 1.92. The molecule has 0 aliphatic carbocycles. The van der Waals surface area contributed by atoms with Crippen LogP contribution in [0, 0.1) is 11.8 Å². The Kier molecular flexibility index (Phi) is 10.4. The number of carbonyl (C=O) groups is 3. The molecule has 0 aromatic carbocycles. The molecule has 1 amide bonds. The minimum absolute atomic E-state index is 0.0329. The lowest BCUT2D eigenvalue weighted by Gasteiger charge is -2.32. The first kappa shape index (κ1) is 20.9. The predicted octanol–water partition coefficient (Wildman–Crippen LogP) is -0.529. The number of aliphatic hydroxyl groups is 1. The Morgan fingerprint density at radius 2 is 1.78 bits per heavy atom. The molecule has 23 heavy (non-hydrogen) atoms. The first-order valence-corrected chi connectivity index (χ1v) is 7.28. The number of nitrogens with zero attached hydrogens (tertiary/aromatic N) is 2. The van der Waals surface area contributed by atoms with Gasteiger partial charge in [0.25, 0.3) is 0 Å². The van der Waals surface area contributed by atoms with Crippen LogP contribution in [0.5, 0.6) is 0 Å². The third kappa shape index (κ3) is 9.50. The summed E-state index contributed by atoms with van der Waals surface area (Å²) in [6.07, 6.45) is 3.44. The maximum atomic E-state index is 11.0. The van der Waals surface area contributed by atoms with Crippen LogP contribution in [0.3, 0.4) is 0 Å². The number of likely N-dealkylation sites (tertiary alicyclic amines) is 1. The van der Waals surface area contributed by atoms with Crippen LogP contribution in [-0.2, 0) is 14.4 Å². The molecule has 8 heteroatoms. The summed E-state index contributed by atoms with van der Waals surface area (Å²) in [5, 5.41) is 24.0. The lowest BCUT2D eigenvalue weighted by atomic mass is 10.0. The summed E-state index contributed by atoms with van der Waals surface area (Å²) in [4.78, 5) is 33.0. The second-order valence-electron chi connectivity index (χ2n) is 5.14. The van der Waals surface area contributed by atoms with Gasteiger partial charge in [0.1, 0.15) is 0 Å². The highest BCUT2D eigenvalue weighted by molar-refractivity contribution is 6.27. The third-order valence-corrected chi connectivity index (χ3v) is 3.40. The molecule has 8 nitrogen and oxygen atoms in total. The minimum atomic E-state index is -1.82. The molecule has 130 valence electrons. The summed E-state index contributed by atoms with van der Waals surface area (Å²) >= 11 is 0. The van der Waals surface area contributed by atoms with Crippen LogP contribution >= 0.6 is 0 Å². The Bertz CT molecular complexity index is 456. The van der Waals surface area contributed by atoms with Crippen molar-refractivity contribution in [1.29, 1.82) is 0 Å². The molecule has 1 saturated heterocycles. The van der Waals surface area contributed by atoms with Crippen molar-refractivity contribution in [2.24, 2.45) is 0 Å². The van der Waals surface area contributed by atoms with Crippen LogP contribution in [0.4, 0.5) is 0 Å². The van der Waals surface area contributed by atoms with E-state index in [4.69, 9.17) is 19.8 Å². The summed E-state index contributed by atoms with van der Waals surface area (Å²) < 4.78 is 0. The number of hydrogen-bond donors (Lipinski definition) is 3. The Labute approximate surface area is 135 Å². The Hall–Kier alpha value is -2.11. The van der Waals surface area contributed by atoms with Crippen LogP contribution in [0.25, 0.3) is 0 Å². The number of carboxylic acids is 2. The van der Waals surface area contributed by atoms with E-state index in [1.54, 1.807) is 11.9 Å². The summed E-state index contributed by atoms with van der Waals surface area (Å²) in [6, 6.07) is 0.267. The van der Waals surface area contributed by atoms with Crippen LogP contribution in [-0.4, -0.2) is 82.3 Å². The first-order valence-electron chi connectivity index (χ1n) is 7.28. The zero-order valence-electron chi connectivity index (χ0n) is 13.5. The average Bonchev–Trinajstić information content (AvgIpc) is 2.52. The number of aliphatic carboxylic acids is 2. The minimum Gasteiger partial charge on any atom is -0.473 e. The van der Waals surface area contributed by atoms with Crippen molar-refractivity contribution in [2.45, 2.75) is 32.2 Å². The summed E-state index contributed by atoms with van der Waals surface area (Å²) in [5.74, 6) is 2.45. The molecule has 1 unspecified atom stereocenters. The van der Waals surface area contributed by atoms with Crippen molar-refractivity contribution in [3.05, 3.63) is 0 Å². The topological polar surface area (TPSA) is 118 Å². The van der Waals surface area contributed by atoms with Crippen molar-refractivity contribution in [1.82, 2.24) is 9.80 Å². The van der Waals surface area contributed by atoms with E-state index < -0.39 is 11.9 Å². The van der Waals surface area contributed by atoms with Gasteiger partial charge in [-0.05, 0) is 19.4 Å². The van der Waals surface area contributed by atoms with Gasteiger partial charge in [-0.3, -0.25) is 9.69 Å². The van der Waals surface area contributed by atoms with Gasteiger partial charge in [0, 0.05) is 20.0 Å². The molecule has 1 rings (SSSR count). The van der Waals surface area contributed by atoms with Gasteiger partial charge in [-0.25, -0.2) is 9.59 Å². The molecular formula is C15H24N2O6. The maximum Gasteiger partial charge on any atom is 0.414 e. The van der Waals surface area contributed by atoms with Crippen molar-refractivity contribution < 1.29 is 29.7 Å². The second kappa shape index (κ2) is 11.5. The van der Waals surface area contributed by atoms with Gasteiger partial charge in [0.15, 0.2) is 0 Å². The van der Waals surface area contributed by atoms with Gasteiger partial charge in [-0.15, -0.1) is 0 Å². The van der Waals surface area contributed by atoms with Crippen molar-refractivity contribution >= 4 is 17.8 Å². The van der Waals surface area contributed by atoms with Crippen LogP contribution in [0.1, 0.15) is 26.2 Å². The van der Waals surface area contributed by atoms with Crippen LogP contribution in [0.15, 0.2) is 0 Å². The fraction of sp³-hybridized carbons (Fsp3) is 0.667. The van der Waals surface area contributed by atoms with Crippen molar-refractivity contribution in [2.75, 3.05) is 33.3 Å². The van der Waals surface area contributed by atoms with Gasteiger partial charge in [-0.1, -0.05) is 18.3 Å². The number of hydrogen-bond acceptors (Lipinski definition) is 5. The second-order valence-corrected chi connectivity index (χ2v) is 5.14. The molecule has 1 aliphatic heterocycles. The van der Waals surface area contributed by atoms with E-state index in [9.17, 15) is 9.90 Å². The Morgan fingerprint density at radius 3 is 2.26 bits per heavy atom. The van der Waals surface area contributed by atoms with Crippen LogP contribution < -0.4 is 0 Å². The molecule has 3 N–H and O–H groups in total. The summed E-state index contributed by atoms with van der Waals surface area (Å²) in [7, 11) is 1.74. The number of aliphatic hydroxyl groups excluding tert-OH is 1. The highest BCUT2D eigenvalue weighted by Gasteiger charge is 2.20. The fourth-order valence-corrected chi connectivity index (χ4v) is 1.92. The summed E-state index contributed by atoms with van der Waals surface area (Å²) in [5.41, 5.74) is 0. The molecule has 0 spiro atoms. The van der Waals surface area contributed by atoms with E-state index in [0.717, 1.165) is 13.0 Å². The number of amides is 1. The molecule has 0 saturated carbocycles. The molecule has 1 aliphatic rings. The lowest BCUT2D eigenvalue weighted by Crippen LogP contribution is -2.41. The highest BCUT2D eigenvalue weighted by Crippen LogP contribution is 2.15.